The van der Waals surface area contributed by atoms with Gasteiger partial charge in [0, 0.05) is 28.9 Å². The SMILES string of the molecule is Nc1ccc([C@H]2C=CC(Nc3ccc([C@@H]4C=CC(c5ccccc5)=CC4)cc3)=CC2)cc1. The highest BCUT2D eigenvalue weighted by atomic mass is 14.9. The van der Waals surface area contributed by atoms with Crippen molar-refractivity contribution in [2.24, 2.45) is 0 Å². The van der Waals surface area contributed by atoms with Crippen LogP contribution in [0.2, 0.25) is 0 Å². The summed E-state index contributed by atoms with van der Waals surface area (Å²) in [5.41, 5.74) is 14.1. The molecule has 0 saturated carbocycles. The Morgan fingerprint density at radius 2 is 1.28 bits per heavy atom. The molecule has 0 radical (unpaired) electrons. The fourth-order valence-electron chi connectivity index (χ4n) is 4.40. The van der Waals surface area contributed by atoms with Crippen LogP contribution in [0.25, 0.3) is 5.57 Å². The van der Waals surface area contributed by atoms with Crippen LogP contribution in [0.1, 0.15) is 41.4 Å². The quantitative estimate of drug-likeness (QED) is 0.424. The normalized spacial score (nSPS) is 19.9. The van der Waals surface area contributed by atoms with Crippen LogP contribution in [0.5, 0.6) is 0 Å². The van der Waals surface area contributed by atoms with Crippen molar-refractivity contribution in [2.75, 3.05) is 11.1 Å². The molecule has 158 valence electrons. The maximum Gasteiger partial charge on any atom is 0.0384 e. The van der Waals surface area contributed by atoms with Crippen molar-refractivity contribution < 1.29 is 0 Å². The number of benzene rings is 3. The molecular weight excluding hydrogens is 388 g/mol. The van der Waals surface area contributed by atoms with E-state index in [4.69, 9.17) is 5.73 Å². The van der Waals surface area contributed by atoms with Crippen LogP contribution in [-0.4, -0.2) is 0 Å². The van der Waals surface area contributed by atoms with Crippen LogP contribution in [-0.2, 0) is 0 Å². The number of nitrogens with two attached hydrogens (primary N) is 1. The molecule has 0 aromatic heterocycles. The molecule has 2 atom stereocenters. The third-order valence-electron chi connectivity index (χ3n) is 6.30. The molecule has 0 amide bonds. The predicted octanol–water partition coefficient (Wildman–Crippen LogP) is 7.44. The van der Waals surface area contributed by atoms with Crippen molar-refractivity contribution in [2.45, 2.75) is 24.7 Å². The zero-order valence-corrected chi connectivity index (χ0v) is 18.1. The lowest BCUT2D eigenvalue weighted by Gasteiger charge is -2.19. The van der Waals surface area contributed by atoms with Crippen molar-refractivity contribution in [1.82, 2.24) is 0 Å². The lowest BCUT2D eigenvalue weighted by Crippen LogP contribution is -2.05. The molecule has 0 bridgehead atoms. The van der Waals surface area contributed by atoms with E-state index in [1.165, 1.54) is 22.3 Å². The molecule has 0 fully saturated rings. The third kappa shape index (κ3) is 4.60. The summed E-state index contributed by atoms with van der Waals surface area (Å²) < 4.78 is 0. The molecule has 5 rings (SSSR count). The summed E-state index contributed by atoms with van der Waals surface area (Å²) in [6.07, 6.45) is 15.7. The van der Waals surface area contributed by atoms with Gasteiger partial charge in [-0.2, -0.15) is 0 Å². The number of anilines is 2. The molecule has 3 aromatic rings. The minimum Gasteiger partial charge on any atom is -0.399 e. The first-order valence-corrected chi connectivity index (χ1v) is 11.3. The van der Waals surface area contributed by atoms with Crippen LogP contribution in [0.15, 0.2) is 121 Å². The van der Waals surface area contributed by atoms with Gasteiger partial charge in [-0.05, 0) is 65.4 Å². The fourth-order valence-corrected chi connectivity index (χ4v) is 4.40. The van der Waals surface area contributed by atoms with E-state index in [-0.39, 0.29) is 0 Å². The minimum absolute atomic E-state index is 0.412. The standard InChI is InChI=1S/C30H28N2/c31-28-16-10-25(11-17-28)27-14-20-30(21-15-27)32-29-18-12-26(13-19-29)24-8-6-23(7-9-24)22-4-2-1-3-5-22/h1-8,10-14,16-21,24,27,32H,9,15,31H2/t24-,27+/m1/s1. The van der Waals surface area contributed by atoms with Gasteiger partial charge in [0.25, 0.3) is 0 Å². The Bertz CT molecular complexity index is 1180. The first kappa shape index (κ1) is 20.1. The van der Waals surface area contributed by atoms with Crippen LogP contribution < -0.4 is 11.1 Å². The molecule has 2 aliphatic rings. The Labute approximate surface area is 190 Å². The summed E-state index contributed by atoms with van der Waals surface area (Å²) in [5, 5.41) is 3.55. The van der Waals surface area contributed by atoms with Gasteiger partial charge in [-0.1, -0.05) is 85.0 Å². The number of nitrogen functional groups attached to an aromatic ring is 1. The average Bonchev–Trinajstić information content (AvgIpc) is 2.86. The maximum absolute atomic E-state index is 5.81. The van der Waals surface area contributed by atoms with E-state index in [1.54, 1.807) is 0 Å². The van der Waals surface area contributed by atoms with Crippen molar-refractivity contribution in [3.8, 4) is 0 Å². The van der Waals surface area contributed by atoms with Gasteiger partial charge < -0.3 is 11.1 Å². The van der Waals surface area contributed by atoms with Gasteiger partial charge in [-0.25, -0.2) is 0 Å². The number of nitrogens with one attached hydrogen (secondary N) is 1. The first-order valence-electron chi connectivity index (χ1n) is 11.3. The van der Waals surface area contributed by atoms with Gasteiger partial charge in [0.1, 0.15) is 0 Å². The maximum atomic E-state index is 5.81. The highest BCUT2D eigenvalue weighted by Gasteiger charge is 2.13. The van der Waals surface area contributed by atoms with Gasteiger partial charge >= 0.3 is 0 Å². The molecule has 0 spiro atoms. The Morgan fingerprint density at radius 3 is 1.88 bits per heavy atom. The lowest BCUT2D eigenvalue weighted by atomic mass is 9.88. The smallest absolute Gasteiger partial charge is 0.0384 e. The van der Waals surface area contributed by atoms with E-state index in [0.29, 0.717) is 11.8 Å². The zero-order valence-electron chi connectivity index (χ0n) is 18.1. The van der Waals surface area contributed by atoms with Crippen LogP contribution in [0.4, 0.5) is 11.4 Å². The largest absolute Gasteiger partial charge is 0.399 e. The highest BCUT2D eigenvalue weighted by molar-refractivity contribution is 5.75. The van der Waals surface area contributed by atoms with Crippen LogP contribution >= 0.6 is 0 Å². The summed E-state index contributed by atoms with van der Waals surface area (Å²) in [7, 11) is 0. The minimum atomic E-state index is 0.412. The van der Waals surface area contributed by atoms with Crippen molar-refractivity contribution in [3.63, 3.8) is 0 Å². The van der Waals surface area contributed by atoms with E-state index >= 15 is 0 Å². The van der Waals surface area contributed by atoms with Crippen molar-refractivity contribution in [1.29, 1.82) is 0 Å². The van der Waals surface area contributed by atoms with Crippen LogP contribution in [0, 0.1) is 0 Å². The molecule has 0 saturated heterocycles. The van der Waals surface area contributed by atoms with Gasteiger partial charge in [0.05, 0.1) is 0 Å². The third-order valence-corrected chi connectivity index (χ3v) is 6.30. The van der Waals surface area contributed by atoms with E-state index in [0.717, 1.165) is 29.9 Å². The summed E-state index contributed by atoms with van der Waals surface area (Å²) >= 11 is 0. The Balaban J connectivity index is 1.18. The molecule has 3 aromatic carbocycles. The second-order valence-corrected chi connectivity index (χ2v) is 8.50. The van der Waals surface area contributed by atoms with E-state index in [9.17, 15) is 0 Å². The molecule has 2 heteroatoms. The Morgan fingerprint density at radius 1 is 0.656 bits per heavy atom. The molecule has 2 nitrogen and oxygen atoms in total. The van der Waals surface area contributed by atoms with Crippen molar-refractivity contribution >= 4 is 16.9 Å². The van der Waals surface area contributed by atoms with Gasteiger partial charge in [-0.15, -0.1) is 0 Å². The summed E-state index contributed by atoms with van der Waals surface area (Å²) in [4.78, 5) is 0. The van der Waals surface area contributed by atoms with Gasteiger partial charge in [0.15, 0.2) is 0 Å². The van der Waals surface area contributed by atoms with Gasteiger partial charge in [-0.3, -0.25) is 0 Å². The highest BCUT2D eigenvalue weighted by Crippen LogP contribution is 2.32. The molecular formula is C30H28N2. The second kappa shape index (κ2) is 9.15. The molecule has 32 heavy (non-hydrogen) atoms. The summed E-state index contributed by atoms with van der Waals surface area (Å²) in [6.45, 7) is 0. The average molecular weight is 417 g/mol. The molecule has 3 N–H and O–H groups in total. The topological polar surface area (TPSA) is 38.0 Å². The van der Waals surface area contributed by atoms with Crippen molar-refractivity contribution in [3.05, 3.63) is 138 Å². The van der Waals surface area contributed by atoms with E-state index in [2.05, 4.69) is 109 Å². The summed E-state index contributed by atoms with van der Waals surface area (Å²) in [6, 6.07) is 27.6. The Hall–Kier alpha value is -3.78. The molecule has 2 aliphatic carbocycles. The number of hydrogen-bond donors (Lipinski definition) is 2. The Kier molecular flexibility index (Phi) is 5.76. The predicted molar refractivity (Wildman–Crippen MR) is 136 cm³/mol. The van der Waals surface area contributed by atoms with E-state index < -0.39 is 0 Å². The number of hydrogen-bond acceptors (Lipinski definition) is 2. The number of allylic oxidation sites excluding steroid dienone is 7. The molecule has 0 aliphatic heterocycles. The first-order chi connectivity index (χ1) is 15.7. The van der Waals surface area contributed by atoms with E-state index in [1.807, 2.05) is 12.1 Å². The zero-order chi connectivity index (χ0) is 21.8. The molecule has 0 unspecified atom stereocenters. The van der Waals surface area contributed by atoms with Crippen LogP contribution in [0.3, 0.4) is 0 Å². The summed E-state index contributed by atoms with van der Waals surface area (Å²) in [5.74, 6) is 0.849. The fraction of sp³-hybridized carbons (Fsp3) is 0.133. The molecule has 0 heterocycles. The lowest BCUT2D eigenvalue weighted by molar-refractivity contribution is 0.846. The number of rotatable bonds is 5. The van der Waals surface area contributed by atoms with Gasteiger partial charge in [0.2, 0.25) is 0 Å². The monoisotopic (exact) mass is 416 g/mol. The second-order valence-electron chi connectivity index (χ2n) is 8.50.